The van der Waals surface area contributed by atoms with E-state index >= 15 is 0 Å². The molecular weight excluding hydrogens is 146 g/mol. The van der Waals surface area contributed by atoms with E-state index in [0.29, 0.717) is 0 Å². The normalized spacial score (nSPS) is 23.8. The summed E-state index contributed by atoms with van der Waals surface area (Å²) in [4.78, 5) is 0. The van der Waals surface area contributed by atoms with E-state index in [2.05, 4.69) is 0 Å². The van der Waals surface area contributed by atoms with E-state index in [1.165, 1.54) is 57.8 Å². The molecule has 1 saturated carbocycles. The van der Waals surface area contributed by atoms with Crippen molar-refractivity contribution in [1.82, 2.24) is 0 Å². The molecule has 0 aromatic heterocycles. The molecule has 2 N–H and O–H groups in total. The molecule has 0 bridgehead atoms. The first-order valence-electron chi connectivity index (χ1n) is 5.63. The van der Waals surface area contributed by atoms with Crippen LogP contribution in [0.1, 0.15) is 57.8 Å². The van der Waals surface area contributed by atoms with Crippen LogP contribution < -0.4 is 5.73 Å². The van der Waals surface area contributed by atoms with E-state index in [-0.39, 0.29) is 0 Å². The standard InChI is InChI=1S/C11H23N/c12-10-11-8-6-4-2-1-3-5-7-9-11/h11H,1-10,12H2. The van der Waals surface area contributed by atoms with E-state index < -0.39 is 0 Å². The average Bonchev–Trinajstić information content (AvgIpc) is 2.14. The highest BCUT2D eigenvalue weighted by Crippen LogP contribution is 2.20. The van der Waals surface area contributed by atoms with Crippen molar-refractivity contribution < 1.29 is 0 Å². The quantitative estimate of drug-likeness (QED) is 0.641. The maximum absolute atomic E-state index is 5.71. The topological polar surface area (TPSA) is 26.0 Å². The lowest BCUT2D eigenvalue weighted by Crippen LogP contribution is -2.14. The van der Waals surface area contributed by atoms with Gasteiger partial charge < -0.3 is 5.73 Å². The minimum absolute atomic E-state index is 0.836. The molecule has 0 amide bonds. The van der Waals surface area contributed by atoms with Gasteiger partial charge in [0, 0.05) is 0 Å². The lowest BCUT2D eigenvalue weighted by atomic mass is 9.92. The second kappa shape index (κ2) is 6.47. The lowest BCUT2D eigenvalue weighted by Gasteiger charge is -2.15. The SMILES string of the molecule is NCC1CCCCCCCCC1. The smallest absolute Gasteiger partial charge is 0.00489 e. The van der Waals surface area contributed by atoms with Gasteiger partial charge in [-0.05, 0) is 25.3 Å². The minimum atomic E-state index is 0.836. The van der Waals surface area contributed by atoms with Gasteiger partial charge in [0.15, 0.2) is 0 Å². The number of hydrogen-bond acceptors (Lipinski definition) is 1. The van der Waals surface area contributed by atoms with Gasteiger partial charge in [0.2, 0.25) is 0 Å². The van der Waals surface area contributed by atoms with Crippen LogP contribution in [0.4, 0.5) is 0 Å². The Morgan fingerprint density at radius 2 is 1.17 bits per heavy atom. The molecule has 72 valence electrons. The predicted octanol–water partition coefficient (Wildman–Crippen LogP) is 3.09. The van der Waals surface area contributed by atoms with Crippen LogP contribution in [0.2, 0.25) is 0 Å². The summed E-state index contributed by atoms with van der Waals surface area (Å²) in [5.74, 6) is 0.836. The molecule has 0 spiro atoms. The molecule has 1 aliphatic rings. The summed E-state index contributed by atoms with van der Waals surface area (Å²) in [5.41, 5.74) is 5.71. The summed E-state index contributed by atoms with van der Waals surface area (Å²) in [6, 6.07) is 0. The summed E-state index contributed by atoms with van der Waals surface area (Å²) < 4.78 is 0. The molecule has 0 aromatic rings. The van der Waals surface area contributed by atoms with Crippen molar-refractivity contribution in [2.75, 3.05) is 6.54 Å². The fourth-order valence-corrected chi connectivity index (χ4v) is 2.13. The van der Waals surface area contributed by atoms with Crippen LogP contribution in [-0.4, -0.2) is 6.54 Å². The van der Waals surface area contributed by atoms with Crippen molar-refractivity contribution in [2.45, 2.75) is 57.8 Å². The largest absolute Gasteiger partial charge is 0.330 e. The Hall–Kier alpha value is -0.0400. The van der Waals surface area contributed by atoms with Crippen molar-refractivity contribution in [3.8, 4) is 0 Å². The Bertz CT molecular complexity index is 91.2. The van der Waals surface area contributed by atoms with Gasteiger partial charge in [0.1, 0.15) is 0 Å². The monoisotopic (exact) mass is 169 g/mol. The second-order valence-electron chi connectivity index (χ2n) is 4.15. The Morgan fingerprint density at radius 1 is 0.750 bits per heavy atom. The summed E-state index contributed by atoms with van der Waals surface area (Å²) in [7, 11) is 0. The molecule has 0 atom stereocenters. The molecule has 0 unspecified atom stereocenters. The molecule has 1 fully saturated rings. The van der Waals surface area contributed by atoms with Gasteiger partial charge in [-0.2, -0.15) is 0 Å². The van der Waals surface area contributed by atoms with Crippen molar-refractivity contribution in [2.24, 2.45) is 11.7 Å². The van der Waals surface area contributed by atoms with Crippen LogP contribution in [0.25, 0.3) is 0 Å². The maximum Gasteiger partial charge on any atom is -0.00489 e. The van der Waals surface area contributed by atoms with Gasteiger partial charge in [-0.1, -0.05) is 44.9 Å². The summed E-state index contributed by atoms with van der Waals surface area (Å²) in [6.07, 6.45) is 12.9. The molecule has 1 heteroatoms. The van der Waals surface area contributed by atoms with E-state index in [1.807, 2.05) is 0 Å². The van der Waals surface area contributed by atoms with Gasteiger partial charge >= 0.3 is 0 Å². The minimum Gasteiger partial charge on any atom is -0.330 e. The van der Waals surface area contributed by atoms with Crippen molar-refractivity contribution in [3.05, 3.63) is 0 Å². The molecule has 0 aliphatic heterocycles. The fraction of sp³-hybridized carbons (Fsp3) is 1.00. The first kappa shape index (κ1) is 10.0. The summed E-state index contributed by atoms with van der Waals surface area (Å²) in [5, 5.41) is 0. The Kier molecular flexibility index (Phi) is 5.42. The van der Waals surface area contributed by atoms with Gasteiger partial charge in [0.25, 0.3) is 0 Å². The average molecular weight is 169 g/mol. The highest BCUT2D eigenvalue weighted by molar-refractivity contribution is 4.62. The van der Waals surface area contributed by atoms with Crippen LogP contribution in [0, 0.1) is 5.92 Å². The highest BCUT2D eigenvalue weighted by Gasteiger charge is 2.07. The molecule has 1 nitrogen and oxygen atoms in total. The molecule has 1 aliphatic carbocycles. The maximum atomic E-state index is 5.71. The second-order valence-corrected chi connectivity index (χ2v) is 4.15. The van der Waals surface area contributed by atoms with Gasteiger partial charge in [-0.15, -0.1) is 0 Å². The van der Waals surface area contributed by atoms with Gasteiger partial charge in [0.05, 0.1) is 0 Å². The van der Waals surface area contributed by atoms with Crippen LogP contribution in [0.15, 0.2) is 0 Å². The van der Waals surface area contributed by atoms with Crippen LogP contribution >= 0.6 is 0 Å². The zero-order valence-corrected chi connectivity index (χ0v) is 8.23. The van der Waals surface area contributed by atoms with Crippen LogP contribution in [0.3, 0.4) is 0 Å². The predicted molar refractivity (Wildman–Crippen MR) is 54.1 cm³/mol. The van der Waals surface area contributed by atoms with Crippen molar-refractivity contribution in [3.63, 3.8) is 0 Å². The number of nitrogens with two attached hydrogens (primary N) is 1. The fourth-order valence-electron chi connectivity index (χ4n) is 2.13. The van der Waals surface area contributed by atoms with E-state index in [1.54, 1.807) is 0 Å². The molecule has 0 radical (unpaired) electrons. The van der Waals surface area contributed by atoms with Crippen LogP contribution in [0.5, 0.6) is 0 Å². The number of hydrogen-bond donors (Lipinski definition) is 1. The highest BCUT2D eigenvalue weighted by atomic mass is 14.5. The van der Waals surface area contributed by atoms with E-state index in [9.17, 15) is 0 Å². The molecule has 0 aromatic carbocycles. The van der Waals surface area contributed by atoms with Crippen molar-refractivity contribution >= 4 is 0 Å². The molecular formula is C11H23N. The summed E-state index contributed by atoms with van der Waals surface area (Å²) >= 11 is 0. The molecule has 0 heterocycles. The Morgan fingerprint density at radius 3 is 1.58 bits per heavy atom. The zero-order valence-electron chi connectivity index (χ0n) is 8.23. The first-order valence-corrected chi connectivity index (χ1v) is 5.63. The third-order valence-electron chi connectivity index (χ3n) is 3.06. The molecule has 0 saturated heterocycles. The molecule has 12 heavy (non-hydrogen) atoms. The Balaban J connectivity index is 2.17. The number of rotatable bonds is 1. The van der Waals surface area contributed by atoms with E-state index in [4.69, 9.17) is 5.73 Å². The van der Waals surface area contributed by atoms with E-state index in [0.717, 1.165) is 12.5 Å². The summed E-state index contributed by atoms with van der Waals surface area (Å²) in [6.45, 7) is 0.917. The third kappa shape index (κ3) is 4.10. The van der Waals surface area contributed by atoms with Crippen molar-refractivity contribution in [1.29, 1.82) is 0 Å². The third-order valence-corrected chi connectivity index (χ3v) is 3.06. The van der Waals surface area contributed by atoms with Gasteiger partial charge in [-0.3, -0.25) is 0 Å². The first-order chi connectivity index (χ1) is 5.93. The van der Waals surface area contributed by atoms with Crippen LogP contribution in [-0.2, 0) is 0 Å². The molecule has 1 rings (SSSR count). The zero-order chi connectivity index (χ0) is 8.65. The van der Waals surface area contributed by atoms with Gasteiger partial charge in [-0.25, -0.2) is 0 Å². The lowest BCUT2D eigenvalue weighted by molar-refractivity contribution is 0.396. The Labute approximate surface area is 76.7 Å².